The minimum Gasteiger partial charge on any atom is -0.350 e. The topological polar surface area (TPSA) is 44.4 Å². The van der Waals surface area contributed by atoms with E-state index in [0.717, 1.165) is 45.4 Å². The highest BCUT2D eigenvalue weighted by Gasteiger charge is 2.33. The Labute approximate surface area is 133 Å². The number of amides is 1. The second-order valence-corrected chi connectivity index (χ2v) is 6.70. The highest BCUT2D eigenvalue weighted by molar-refractivity contribution is 5.82. The molecular weight excluding hydrogens is 274 g/mol. The fourth-order valence-corrected chi connectivity index (χ4v) is 3.59. The summed E-state index contributed by atoms with van der Waals surface area (Å²) in [6.45, 7) is 6.10. The molecular formula is C18H27N3O. The highest BCUT2D eigenvalue weighted by Crippen LogP contribution is 2.21. The van der Waals surface area contributed by atoms with Crippen molar-refractivity contribution >= 4 is 5.91 Å². The summed E-state index contributed by atoms with van der Waals surface area (Å²) in [6.07, 6.45) is 3.24. The van der Waals surface area contributed by atoms with E-state index in [0.29, 0.717) is 5.92 Å². The molecule has 2 heterocycles. The number of piperidine rings is 1. The standard InChI is InChI=1S/C18H27N3O/c1-14-9-10-19-12-16(14)20-18(22)17-8-5-11-21(17)13-15-6-3-2-4-7-15/h2-4,6-7,14,16-17,19H,5,8-13H2,1H3,(H,20,22). The normalized spacial score (nSPS) is 29.4. The van der Waals surface area contributed by atoms with E-state index >= 15 is 0 Å². The van der Waals surface area contributed by atoms with Gasteiger partial charge in [0.2, 0.25) is 5.91 Å². The second-order valence-electron chi connectivity index (χ2n) is 6.70. The van der Waals surface area contributed by atoms with Crippen molar-refractivity contribution < 1.29 is 4.79 Å². The predicted molar refractivity (Wildman–Crippen MR) is 88.5 cm³/mol. The Bertz CT molecular complexity index is 490. The average molecular weight is 301 g/mol. The molecule has 1 amide bonds. The zero-order chi connectivity index (χ0) is 15.4. The van der Waals surface area contributed by atoms with Crippen LogP contribution in [0.5, 0.6) is 0 Å². The fraction of sp³-hybridized carbons (Fsp3) is 0.611. The lowest BCUT2D eigenvalue weighted by atomic mass is 9.94. The number of rotatable bonds is 4. The Morgan fingerprint density at radius 1 is 1.32 bits per heavy atom. The molecule has 1 aromatic carbocycles. The molecule has 22 heavy (non-hydrogen) atoms. The van der Waals surface area contributed by atoms with Crippen molar-refractivity contribution in [1.29, 1.82) is 0 Å². The van der Waals surface area contributed by atoms with E-state index in [1.807, 2.05) is 6.07 Å². The number of carbonyl (C=O) groups is 1. The largest absolute Gasteiger partial charge is 0.350 e. The van der Waals surface area contributed by atoms with E-state index in [1.165, 1.54) is 5.56 Å². The molecule has 120 valence electrons. The Hall–Kier alpha value is -1.39. The molecule has 2 N–H and O–H groups in total. The van der Waals surface area contributed by atoms with Gasteiger partial charge in [-0.05, 0) is 43.8 Å². The smallest absolute Gasteiger partial charge is 0.237 e. The third kappa shape index (κ3) is 3.68. The van der Waals surface area contributed by atoms with Crippen molar-refractivity contribution in [1.82, 2.24) is 15.5 Å². The van der Waals surface area contributed by atoms with Gasteiger partial charge in [0.1, 0.15) is 0 Å². The predicted octanol–water partition coefficient (Wildman–Crippen LogP) is 1.77. The quantitative estimate of drug-likeness (QED) is 0.891. The number of hydrogen-bond acceptors (Lipinski definition) is 3. The highest BCUT2D eigenvalue weighted by atomic mass is 16.2. The van der Waals surface area contributed by atoms with Crippen LogP contribution in [0.2, 0.25) is 0 Å². The molecule has 3 atom stereocenters. The van der Waals surface area contributed by atoms with Crippen LogP contribution < -0.4 is 10.6 Å². The van der Waals surface area contributed by atoms with E-state index in [-0.39, 0.29) is 18.0 Å². The maximum atomic E-state index is 12.7. The van der Waals surface area contributed by atoms with Gasteiger partial charge >= 0.3 is 0 Å². The molecule has 2 aliphatic rings. The summed E-state index contributed by atoms with van der Waals surface area (Å²) in [7, 11) is 0. The van der Waals surface area contributed by atoms with Gasteiger partial charge in [-0.1, -0.05) is 37.3 Å². The first-order valence-corrected chi connectivity index (χ1v) is 8.53. The average Bonchev–Trinajstić information content (AvgIpc) is 2.99. The third-order valence-electron chi connectivity index (χ3n) is 5.05. The second kappa shape index (κ2) is 7.25. The molecule has 0 radical (unpaired) electrons. The molecule has 3 rings (SSSR count). The van der Waals surface area contributed by atoms with Crippen molar-refractivity contribution in [2.45, 2.75) is 44.8 Å². The Morgan fingerprint density at radius 2 is 2.14 bits per heavy atom. The number of carbonyl (C=O) groups excluding carboxylic acids is 1. The molecule has 2 saturated heterocycles. The number of benzene rings is 1. The van der Waals surface area contributed by atoms with Gasteiger partial charge in [0.15, 0.2) is 0 Å². The van der Waals surface area contributed by atoms with Gasteiger partial charge in [-0.2, -0.15) is 0 Å². The monoisotopic (exact) mass is 301 g/mol. The summed E-state index contributed by atoms with van der Waals surface area (Å²) < 4.78 is 0. The van der Waals surface area contributed by atoms with E-state index in [9.17, 15) is 4.79 Å². The summed E-state index contributed by atoms with van der Waals surface area (Å²) >= 11 is 0. The molecule has 1 aromatic rings. The Balaban J connectivity index is 1.58. The summed E-state index contributed by atoms with van der Waals surface area (Å²) in [5, 5.41) is 6.67. The van der Waals surface area contributed by atoms with Crippen LogP contribution in [-0.4, -0.2) is 42.5 Å². The van der Waals surface area contributed by atoms with Gasteiger partial charge in [0, 0.05) is 19.1 Å². The number of hydrogen-bond donors (Lipinski definition) is 2. The first-order valence-electron chi connectivity index (χ1n) is 8.53. The molecule has 2 aliphatic heterocycles. The fourth-order valence-electron chi connectivity index (χ4n) is 3.59. The van der Waals surface area contributed by atoms with E-state index in [2.05, 4.69) is 46.7 Å². The van der Waals surface area contributed by atoms with E-state index in [4.69, 9.17) is 0 Å². The summed E-state index contributed by atoms with van der Waals surface area (Å²) in [4.78, 5) is 15.0. The van der Waals surface area contributed by atoms with Crippen LogP contribution in [0.15, 0.2) is 30.3 Å². The first kappa shape index (κ1) is 15.5. The Kier molecular flexibility index (Phi) is 5.11. The lowest BCUT2D eigenvalue weighted by molar-refractivity contribution is -0.126. The number of nitrogens with one attached hydrogen (secondary N) is 2. The molecule has 0 bridgehead atoms. The van der Waals surface area contributed by atoms with Crippen LogP contribution in [-0.2, 0) is 11.3 Å². The Morgan fingerprint density at radius 3 is 2.91 bits per heavy atom. The zero-order valence-corrected chi connectivity index (χ0v) is 13.4. The van der Waals surface area contributed by atoms with Gasteiger partial charge < -0.3 is 10.6 Å². The minimum absolute atomic E-state index is 0.0364. The van der Waals surface area contributed by atoms with Gasteiger partial charge in [-0.3, -0.25) is 9.69 Å². The molecule has 4 heteroatoms. The molecule has 0 aromatic heterocycles. The molecule has 0 saturated carbocycles. The van der Waals surface area contributed by atoms with Gasteiger partial charge in [0.25, 0.3) is 0 Å². The molecule has 0 aliphatic carbocycles. The lowest BCUT2D eigenvalue weighted by Crippen LogP contribution is -2.54. The number of nitrogens with zero attached hydrogens (tertiary/aromatic N) is 1. The van der Waals surface area contributed by atoms with Crippen LogP contribution in [0, 0.1) is 5.92 Å². The molecule has 4 nitrogen and oxygen atoms in total. The van der Waals surface area contributed by atoms with E-state index in [1.54, 1.807) is 0 Å². The van der Waals surface area contributed by atoms with Crippen LogP contribution in [0.25, 0.3) is 0 Å². The van der Waals surface area contributed by atoms with Crippen molar-refractivity contribution in [3.8, 4) is 0 Å². The summed E-state index contributed by atoms with van der Waals surface area (Å²) in [6, 6.07) is 10.8. The maximum Gasteiger partial charge on any atom is 0.237 e. The van der Waals surface area contributed by atoms with Gasteiger partial charge in [0.05, 0.1) is 6.04 Å². The van der Waals surface area contributed by atoms with Crippen LogP contribution in [0.1, 0.15) is 31.7 Å². The van der Waals surface area contributed by atoms with Crippen LogP contribution in [0.4, 0.5) is 0 Å². The van der Waals surface area contributed by atoms with Gasteiger partial charge in [-0.25, -0.2) is 0 Å². The zero-order valence-electron chi connectivity index (χ0n) is 13.4. The lowest BCUT2D eigenvalue weighted by Gasteiger charge is -2.32. The van der Waals surface area contributed by atoms with Crippen LogP contribution in [0.3, 0.4) is 0 Å². The molecule has 3 unspecified atom stereocenters. The first-order chi connectivity index (χ1) is 10.7. The maximum absolute atomic E-state index is 12.7. The van der Waals surface area contributed by atoms with Crippen molar-refractivity contribution in [3.63, 3.8) is 0 Å². The van der Waals surface area contributed by atoms with Gasteiger partial charge in [-0.15, -0.1) is 0 Å². The SMILES string of the molecule is CC1CCNCC1NC(=O)C1CCCN1Cc1ccccc1. The van der Waals surface area contributed by atoms with Crippen LogP contribution >= 0.6 is 0 Å². The number of likely N-dealkylation sites (tertiary alicyclic amines) is 1. The minimum atomic E-state index is 0.0364. The van der Waals surface area contributed by atoms with E-state index < -0.39 is 0 Å². The molecule has 2 fully saturated rings. The van der Waals surface area contributed by atoms with Crippen molar-refractivity contribution in [2.24, 2.45) is 5.92 Å². The third-order valence-corrected chi connectivity index (χ3v) is 5.05. The van der Waals surface area contributed by atoms with Crippen molar-refractivity contribution in [2.75, 3.05) is 19.6 Å². The molecule has 0 spiro atoms. The summed E-state index contributed by atoms with van der Waals surface area (Å²) in [5.74, 6) is 0.781. The van der Waals surface area contributed by atoms with Crippen molar-refractivity contribution in [3.05, 3.63) is 35.9 Å². The summed E-state index contributed by atoms with van der Waals surface area (Å²) in [5.41, 5.74) is 1.29.